The maximum Gasteiger partial charge on any atom is 0.251 e. The molecule has 1 unspecified atom stereocenters. The van der Waals surface area contributed by atoms with E-state index < -0.39 is 0 Å². The van der Waals surface area contributed by atoms with Crippen LogP contribution in [0.15, 0.2) is 85.5 Å². The van der Waals surface area contributed by atoms with E-state index in [1.807, 2.05) is 73.7 Å². The Morgan fingerprint density at radius 3 is 1.95 bits per heavy atom. The van der Waals surface area contributed by atoms with Crippen LogP contribution in [0.2, 0.25) is 0 Å². The number of nitrogens with one attached hydrogen (secondary N) is 1. The zero-order chi connectivity index (χ0) is 25.5. The molecule has 0 spiro atoms. The molecule has 11 heteroatoms. The van der Waals surface area contributed by atoms with Crippen molar-refractivity contribution in [3.8, 4) is 28.5 Å². The summed E-state index contributed by atoms with van der Waals surface area (Å²) in [5.41, 5.74) is 3.96. The number of nitrogens with zero attached hydrogens (tertiary/aromatic N) is 8. The molecule has 3 aromatic carbocycles. The average molecular weight is 492 g/mol. The van der Waals surface area contributed by atoms with Crippen molar-refractivity contribution in [1.82, 2.24) is 46.1 Å². The summed E-state index contributed by atoms with van der Waals surface area (Å²) in [6.45, 7) is 2.31. The SMILES string of the molecule is CC(Oc1ccc(-c2nncnn2)cc1)c1cccc(C(=O)NCc2ccc(-c3nncnn3)cc2)c1. The Kier molecular flexibility index (Phi) is 7.02. The van der Waals surface area contributed by atoms with Crippen molar-refractivity contribution in [1.29, 1.82) is 0 Å². The fourth-order valence-electron chi connectivity index (χ4n) is 3.58. The lowest BCUT2D eigenvalue weighted by Crippen LogP contribution is -2.23. The van der Waals surface area contributed by atoms with Crippen LogP contribution in [0.1, 0.15) is 34.5 Å². The Morgan fingerprint density at radius 2 is 1.35 bits per heavy atom. The van der Waals surface area contributed by atoms with Gasteiger partial charge in [-0.05, 0) is 54.4 Å². The third-order valence-electron chi connectivity index (χ3n) is 5.53. The zero-order valence-electron chi connectivity index (χ0n) is 19.8. The van der Waals surface area contributed by atoms with Crippen LogP contribution in [0.3, 0.4) is 0 Å². The summed E-state index contributed by atoms with van der Waals surface area (Å²) in [7, 11) is 0. The largest absolute Gasteiger partial charge is 0.486 e. The number of carbonyl (C=O) groups excluding carboxylic acids is 1. The molecule has 11 nitrogen and oxygen atoms in total. The molecule has 1 atom stereocenters. The molecule has 1 N–H and O–H groups in total. The van der Waals surface area contributed by atoms with Gasteiger partial charge < -0.3 is 10.1 Å². The minimum Gasteiger partial charge on any atom is -0.486 e. The summed E-state index contributed by atoms with van der Waals surface area (Å²) in [5.74, 6) is 1.39. The summed E-state index contributed by atoms with van der Waals surface area (Å²) in [4.78, 5) is 12.8. The monoisotopic (exact) mass is 491 g/mol. The van der Waals surface area contributed by atoms with Crippen LogP contribution in [-0.4, -0.2) is 46.7 Å². The minimum atomic E-state index is -0.272. The number of ether oxygens (including phenoxy) is 1. The molecule has 0 aliphatic carbocycles. The molecule has 0 aliphatic heterocycles. The number of hydrogen-bond acceptors (Lipinski definition) is 10. The maximum atomic E-state index is 12.8. The van der Waals surface area contributed by atoms with Gasteiger partial charge in [-0.25, -0.2) is 0 Å². The first kappa shape index (κ1) is 23.5. The lowest BCUT2D eigenvalue weighted by atomic mass is 10.1. The van der Waals surface area contributed by atoms with Crippen molar-refractivity contribution < 1.29 is 9.53 Å². The van der Waals surface area contributed by atoms with Crippen molar-refractivity contribution in [3.05, 3.63) is 102 Å². The lowest BCUT2D eigenvalue weighted by molar-refractivity contribution is 0.0950. The van der Waals surface area contributed by atoms with Crippen LogP contribution < -0.4 is 10.1 Å². The topological polar surface area (TPSA) is 141 Å². The standard InChI is InChI=1S/C26H21N9O2/c1-17(37-23-11-9-20(10-12-23)25-34-30-16-31-35-25)21-3-2-4-22(13-21)26(36)27-14-18-5-7-19(8-6-18)24-32-28-15-29-33-24/h2-13,15-17H,14H2,1H3,(H,27,36). The van der Waals surface area contributed by atoms with E-state index in [4.69, 9.17) is 4.74 Å². The van der Waals surface area contributed by atoms with E-state index in [1.54, 1.807) is 6.07 Å². The molecular formula is C26H21N9O2. The number of rotatable bonds is 8. The molecule has 182 valence electrons. The highest BCUT2D eigenvalue weighted by Crippen LogP contribution is 2.25. The number of benzene rings is 3. The summed E-state index contributed by atoms with van der Waals surface area (Å²) < 4.78 is 6.08. The van der Waals surface area contributed by atoms with Crippen molar-refractivity contribution in [2.24, 2.45) is 0 Å². The van der Waals surface area contributed by atoms with Gasteiger partial charge in [-0.3, -0.25) is 4.79 Å². The van der Waals surface area contributed by atoms with Gasteiger partial charge in [0, 0.05) is 23.2 Å². The Bertz CT molecular complexity index is 1470. The van der Waals surface area contributed by atoms with Crippen LogP contribution >= 0.6 is 0 Å². The second-order valence-electron chi connectivity index (χ2n) is 8.03. The van der Waals surface area contributed by atoms with E-state index in [0.717, 1.165) is 22.3 Å². The van der Waals surface area contributed by atoms with Crippen LogP contribution in [0, 0.1) is 0 Å². The maximum absolute atomic E-state index is 12.8. The first-order chi connectivity index (χ1) is 18.2. The molecule has 5 aromatic rings. The smallest absolute Gasteiger partial charge is 0.251 e. The van der Waals surface area contributed by atoms with E-state index >= 15 is 0 Å². The normalized spacial score (nSPS) is 11.5. The quantitative estimate of drug-likeness (QED) is 0.344. The number of carbonyl (C=O) groups is 1. The Morgan fingerprint density at radius 1 is 0.784 bits per heavy atom. The van der Waals surface area contributed by atoms with Gasteiger partial charge in [-0.15, -0.1) is 40.8 Å². The van der Waals surface area contributed by atoms with Gasteiger partial charge in [-0.1, -0.05) is 36.4 Å². The summed E-state index contributed by atoms with van der Waals surface area (Å²) in [5, 5.41) is 33.7. The van der Waals surface area contributed by atoms with E-state index in [-0.39, 0.29) is 12.0 Å². The number of aromatic nitrogens is 8. The van der Waals surface area contributed by atoms with Gasteiger partial charge in [0.15, 0.2) is 12.7 Å². The molecule has 0 bridgehead atoms. The highest BCUT2D eigenvalue weighted by Gasteiger charge is 2.12. The second kappa shape index (κ2) is 11.0. The van der Waals surface area contributed by atoms with E-state index in [2.05, 4.69) is 46.1 Å². The van der Waals surface area contributed by atoms with Crippen LogP contribution in [-0.2, 0) is 6.54 Å². The van der Waals surface area contributed by atoms with Gasteiger partial charge >= 0.3 is 0 Å². The summed E-state index contributed by atoms with van der Waals surface area (Å²) >= 11 is 0. The predicted molar refractivity (Wildman–Crippen MR) is 133 cm³/mol. The average Bonchev–Trinajstić information content (AvgIpc) is 2.97. The molecule has 0 fully saturated rings. The molecule has 5 rings (SSSR count). The third-order valence-corrected chi connectivity index (χ3v) is 5.53. The van der Waals surface area contributed by atoms with Gasteiger partial charge in [-0.2, -0.15) is 0 Å². The molecule has 0 saturated heterocycles. The number of hydrogen-bond donors (Lipinski definition) is 1. The molecule has 0 aliphatic rings. The third kappa shape index (κ3) is 5.90. The Balaban J connectivity index is 1.18. The second-order valence-corrected chi connectivity index (χ2v) is 8.03. The molecular weight excluding hydrogens is 470 g/mol. The Labute approximate surface area is 212 Å². The number of amides is 1. The van der Waals surface area contributed by atoms with Crippen LogP contribution in [0.25, 0.3) is 22.8 Å². The van der Waals surface area contributed by atoms with Crippen LogP contribution in [0.4, 0.5) is 0 Å². The molecule has 0 saturated carbocycles. The van der Waals surface area contributed by atoms with Crippen molar-refractivity contribution in [2.45, 2.75) is 19.6 Å². The molecule has 2 aromatic heterocycles. The molecule has 2 heterocycles. The summed E-state index contributed by atoms with van der Waals surface area (Å²) in [6, 6.07) is 22.3. The fourth-order valence-corrected chi connectivity index (χ4v) is 3.58. The van der Waals surface area contributed by atoms with Gasteiger partial charge in [0.1, 0.15) is 11.9 Å². The van der Waals surface area contributed by atoms with Crippen LogP contribution in [0.5, 0.6) is 5.75 Å². The lowest BCUT2D eigenvalue weighted by Gasteiger charge is -2.16. The van der Waals surface area contributed by atoms with Crippen molar-refractivity contribution >= 4 is 5.91 Å². The van der Waals surface area contributed by atoms with Crippen molar-refractivity contribution in [2.75, 3.05) is 0 Å². The first-order valence-corrected chi connectivity index (χ1v) is 11.4. The highest BCUT2D eigenvalue weighted by atomic mass is 16.5. The predicted octanol–water partition coefficient (Wildman–Crippen LogP) is 3.25. The molecule has 37 heavy (non-hydrogen) atoms. The minimum absolute atomic E-state index is 0.174. The van der Waals surface area contributed by atoms with E-state index in [1.165, 1.54) is 12.7 Å². The molecule has 1 amide bonds. The highest BCUT2D eigenvalue weighted by molar-refractivity contribution is 5.94. The van der Waals surface area contributed by atoms with Crippen molar-refractivity contribution in [3.63, 3.8) is 0 Å². The first-order valence-electron chi connectivity index (χ1n) is 11.4. The van der Waals surface area contributed by atoms with E-state index in [9.17, 15) is 4.79 Å². The van der Waals surface area contributed by atoms with Gasteiger partial charge in [0.25, 0.3) is 5.91 Å². The van der Waals surface area contributed by atoms with Gasteiger partial charge in [0.05, 0.1) is 0 Å². The molecule has 0 radical (unpaired) electrons. The zero-order valence-corrected chi connectivity index (χ0v) is 19.8. The summed E-state index contributed by atoms with van der Waals surface area (Å²) in [6.07, 6.45) is 2.29. The fraction of sp³-hybridized carbons (Fsp3) is 0.115. The Hall–Kier alpha value is -5.19. The van der Waals surface area contributed by atoms with E-state index in [0.29, 0.717) is 29.5 Å². The van der Waals surface area contributed by atoms with Gasteiger partial charge in [0.2, 0.25) is 11.6 Å².